The zero-order valence-corrected chi connectivity index (χ0v) is 5.11. The molecule has 0 radical (unpaired) electrons. The van der Waals surface area contributed by atoms with E-state index in [4.69, 9.17) is 0 Å². The average molecular weight is 135 g/mol. The number of rotatable bonds is 0. The van der Waals surface area contributed by atoms with Gasteiger partial charge < -0.3 is 5.21 Å². The van der Waals surface area contributed by atoms with Crippen LogP contribution in [-0.2, 0) is 0 Å². The van der Waals surface area contributed by atoms with Crippen LogP contribution in [0, 0.1) is 5.21 Å². The normalized spacial score (nSPS) is 10.4. The highest BCUT2D eigenvalue weighted by Crippen LogP contribution is 2.02. The minimum Gasteiger partial charge on any atom is -0.571 e. The van der Waals surface area contributed by atoms with Crippen molar-refractivity contribution >= 4 is 11.0 Å². The van der Waals surface area contributed by atoms with Crippen LogP contribution < -0.4 is 4.96 Å². The minimum atomic E-state index is 0.449. The Labute approximate surface area is 56.7 Å². The van der Waals surface area contributed by atoms with Crippen molar-refractivity contribution in [3.05, 3.63) is 29.5 Å². The monoisotopic (exact) mass is 135 g/mol. The predicted molar refractivity (Wildman–Crippen MR) is 35.1 cm³/mol. The van der Waals surface area contributed by atoms with E-state index in [1.807, 2.05) is 12.1 Å². The van der Waals surface area contributed by atoms with E-state index in [1.165, 1.54) is 0 Å². The number of para-hydroxylation sites is 1. The number of nitrogens with zero attached hydrogens (tertiary/aromatic N) is 2. The molecule has 0 amide bonds. The molecule has 1 heterocycles. The van der Waals surface area contributed by atoms with E-state index in [0.29, 0.717) is 10.5 Å². The molecule has 0 aliphatic heterocycles. The van der Waals surface area contributed by atoms with Crippen LogP contribution in [0.1, 0.15) is 0 Å². The van der Waals surface area contributed by atoms with Crippen molar-refractivity contribution in [2.75, 3.05) is 0 Å². The largest absolute Gasteiger partial charge is 0.571 e. The van der Waals surface area contributed by atoms with Crippen molar-refractivity contribution in [3.8, 4) is 0 Å². The van der Waals surface area contributed by atoms with Crippen molar-refractivity contribution in [1.29, 1.82) is 0 Å². The van der Waals surface area contributed by atoms with Crippen LogP contribution in [0.4, 0.5) is 0 Å². The Morgan fingerprint density at radius 3 is 3.00 bits per heavy atom. The zero-order valence-electron chi connectivity index (χ0n) is 5.11. The fraction of sp³-hybridized carbons (Fsp3) is 0. The van der Waals surface area contributed by atoms with Gasteiger partial charge in [0, 0.05) is 10.1 Å². The first kappa shape index (κ1) is 5.22. The summed E-state index contributed by atoms with van der Waals surface area (Å²) in [5.74, 6) is 0. The predicted octanol–water partition coefficient (Wildman–Crippen LogP) is 0.196. The fourth-order valence-corrected chi connectivity index (χ4v) is 0.881. The molecular weight excluding hydrogens is 130 g/mol. The maximum Gasteiger partial charge on any atom is 0.164 e. The van der Waals surface area contributed by atoms with E-state index < -0.39 is 0 Å². The van der Waals surface area contributed by atoms with Crippen molar-refractivity contribution in [3.63, 3.8) is 0 Å². The van der Waals surface area contributed by atoms with Crippen LogP contribution in [0.2, 0.25) is 0 Å². The summed E-state index contributed by atoms with van der Waals surface area (Å²) in [4.78, 5) is 0.449. The zero-order chi connectivity index (χ0) is 6.97. The summed E-state index contributed by atoms with van der Waals surface area (Å²) in [5, 5.41) is 16.7. The quantitative estimate of drug-likeness (QED) is 0.414. The molecule has 4 heteroatoms. The summed E-state index contributed by atoms with van der Waals surface area (Å²) in [5.41, 5.74) is 1.45. The molecule has 1 N–H and O–H groups in total. The van der Waals surface area contributed by atoms with Gasteiger partial charge in [0.2, 0.25) is 0 Å². The Morgan fingerprint density at radius 1 is 1.40 bits per heavy atom. The van der Waals surface area contributed by atoms with Gasteiger partial charge in [-0.3, -0.25) is 0 Å². The molecule has 0 aliphatic carbocycles. The smallest absolute Gasteiger partial charge is 0.164 e. The lowest BCUT2D eigenvalue weighted by Crippen LogP contribution is -2.30. The van der Waals surface area contributed by atoms with Gasteiger partial charge in [0.25, 0.3) is 0 Å². The van der Waals surface area contributed by atoms with Crippen LogP contribution in [0.3, 0.4) is 0 Å². The number of aromatic nitrogens is 3. The van der Waals surface area contributed by atoms with Gasteiger partial charge in [-0.25, -0.2) is 0 Å². The second kappa shape index (κ2) is 1.70. The number of fused-ring (bicyclic) bond motifs is 1. The molecule has 50 valence electrons. The molecule has 2 rings (SSSR count). The Kier molecular flexibility index (Phi) is 0.887. The van der Waals surface area contributed by atoms with Crippen LogP contribution in [-0.4, -0.2) is 10.2 Å². The molecule has 2 aromatic rings. The average Bonchev–Trinajstić information content (AvgIpc) is 2.27. The summed E-state index contributed by atoms with van der Waals surface area (Å²) < 4.78 is 0. The Hall–Kier alpha value is -1.58. The lowest BCUT2D eigenvalue weighted by molar-refractivity contribution is -0.720. The van der Waals surface area contributed by atoms with Crippen molar-refractivity contribution in [2.45, 2.75) is 0 Å². The van der Waals surface area contributed by atoms with E-state index in [1.54, 1.807) is 12.1 Å². The van der Waals surface area contributed by atoms with Gasteiger partial charge in [-0.2, -0.15) is 0 Å². The molecule has 0 fully saturated rings. The van der Waals surface area contributed by atoms with Gasteiger partial charge in [0.05, 0.1) is 0 Å². The maximum atomic E-state index is 10.5. The minimum absolute atomic E-state index is 0.449. The van der Waals surface area contributed by atoms with Gasteiger partial charge in [-0.1, -0.05) is 12.1 Å². The summed E-state index contributed by atoms with van der Waals surface area (Å²) >= 11 is 0. The second-order valence-corrected chi connectivity index (χ2v) is 2.00. The first-order chi connectivity index (χ1) is 4.86. The van der Waals surface area contributed by atoms with Crippen LogP contribution in [0.15, 0.2) is 24.3 Å². The number of hydrogen-bond acceptors (Lipinski definition) is 2. The lowest BCUT2D eigenvalue weighted by Gasteiger charge is -1.77. The molecule has 0 unspecified atom stereocenters. The molecule has 1 aromatic carbocycles. The maximum absolute atomic E-state index is 10.5. The van der Waals surface area contributed by atoms with Crippen LogP contribution >= 0.6 is 0 Å². The molecule has 0 bridgehead atoms. The van der Waals surface area contributed by atoms with Crippen LogP contribution in [0.25, 0.3) is 11.0 Å². The highest BCUT2D eigenvalue weighted by molar-refractivity contribution is 5.72. The third-order valence-electron chi connectivity index (χ3n) is 1.32. The van der Waals surface area contributed by atoms with Gasteiger partial charge in [0.15, 0.2) is 5.52 Å². The lowest BCUT2D eigenvalue weighted by atomic mass is 10.3. The molecular formula is C6H5N3O. The van der Waals surface area contributed by atoms with E-state index in [9.17, 15) is 5.21 Å². The highest BCUT2D eigenvalue weighted by atomic mass is 16.5. The van der Waals surface area contributed by atoms with Gasteiger partial charge >= 0.3 is 0 Å². The fourth-order valence-electron chi connectivity index (χ4n) is 0.881. The Morgan fingerprint density at radius 2 is 2.20 bits per heavy atom. The standard InChI is InChI=1S/C6H5N3O/c10-9-7-5-3-1-2-4-6(5)8-9/h1-4H,(H,7,8). The van der Waals surface area contributed by atoms with Crippen molar-refractivity contribution in [1.82, 2.24) is 10.2 Å². The van der Waals surface area contributed by atoms with Gasteiger partial charge in [-0.05, 0) is 12.1 Å². The molecule has 0 saturated carbocycles. The van der Waals surface area contributed by atoms with Gasteiger partial charge in [-0.15, -0.1) is 5.10 Å². The number of aromatic amines is 1. The van der Waals surface area contributed by atoms with E-state index >= 15 is 0 Å². The molecule has 0 aliphatic rings. The molecule has 0 spiro atoms. The van der Waals surface area contributed by atoms with E-state index in [0.717, 1.165) is 5.52 Å². The Bertz CT molecular complexity index is 322. The number of hydrogen-bond donors (Lipinski definition) is 1. The molecule has 0 saturated heterocycles. The molecule has 0 atom stereocenters. The molecule has 10 heavy (non-hydrogen) atoms. The summed E-state index contributed by atoms with van der Waals surface area (Å²) in [6, 6.07) is 7.26. The number of nitrogens with one attached hydrogen (secondary N) is 1. The summed E-state index contributed by atoms with van der Waals surface area (Å²) in [6.07, 6.45) is 0. The topological polar surface area (TPSA) is 55.6 Å². The second-order valence-electron chi connectivity index (χ2n) is 2.00. The van der Waals surface area contributed by atoms with Gasteiger partial charge in [0.1, 0.15) is 5.52 Å². The third-order valence-corrected chi connectivity index (χ3v) is 1.32. The highest BCUT2D eigenvalue weighted by Gasteiger charge is 1.99. The van der Waals surface area contributed by atoms with E-state index in [-0.39, 0.29) is 0 Å². The van der Waals surface area contributed by atoms with Crippen LogP contribution in [0.5, 0.6) is 0 Å². The first-order valence-electron chi connectivity index (χ1n) is 2.91. The Balaban J connectivity index is 2.88. The summed E-state index contributed by atoms with van der Waals surface area (Å²) in [6.45, 7) is 0. The van der Waals surface area contributed by atoms with E-state index in [2.05, 4.69) is 10.2 Å². The SMILES string of the molecule is [O-][n+]1nc2ccccc2[nH]1. The summed E-state index contributed by atoms with van der Waals surface area (Å²) in [7, 11) is 0. The molecule has 4 nitrogen and oxygen atoms in total. The third kappa shape index (κ3) is 0.621. The number of benzene rings is 1. The number of H-pyrrole nitrogens is 1. The molecule has 1 aromatic heterocycles. The first-order valence-corrected chi connectivity index (χ1v) is 2.91. The van der Waals surface area contributed by atoms with Crippen molar-refractivity contribution < 1.29 is 4.96 Å². The van der Waals surface area contributed by atoms with Crippen molar-refractivity contribution in [2.24, 2.45) is 0 Å².